The van der Waals surface area contributed by atoms with Gasteiger partial charge in [0.25, 0.3) is 0 Å². The molecule has 0 aromatic carbocycles. The molecule has 1 unspecified atom stereocenters. The van der Waals surface area contributed by atoms with Gasteiger partial charge in [0.1, 0.15) is 0 Å². The lowest BCUT2D eigenvalue weighted by Gasteiger charge is -2.39. The second-order valence-corrected chi connectivity index (χ2v) is 4.96. The van der Waals surface area contributed by atoms with Gasteiger partial charge in [-0.3, -0.25) is 4.79 Å². The van der Waals surface area contributed by atoms with Crippen molar-refractivity contribution in [1.82, 2.24) is 5.32 Å². The molecule has 1 rings (SSSR count). The summed E-state index contributed by atoms with van der Waals surface area (Å²) in [4.78, 5) is 12.0. The summed E-state index contributed by atoms with van der Waals surface area (Å²) in [6.45, 7) is 5.81. The Morgan fingerprint density at radius 1 is 1.56 bits per heavy atom. The fraction of sp³-hybridized carbons (Fsp3) is 0.917. The first-order valence-corrected chi connectivity index (χ1v) is 5.86. The molecule has 1 N–H and O–H groups in total. The Morgan fingerprint density at radius 2 is 2.25 bits per heavy atom. The van der Waals surface area contributed by atoms with Crippen molar-refractivity contribution < 1.29 is 14.3 Å². The number of nitrogens with one attached hydrogen (secondary N) is 1. The van der Waals surface area contributed by atoms with Crippen LogP contribution in [0.15, 0.2) is 0 Å². The van der Waals surface area contributed by atoms with Gasteiger partial charge in [0.15, 0.2) is 0 Å². The molecule has 3 atom stereocenters. The predicted molar refractivity (Wildman–Crippen MR) is 62.2 cm³/mol. The van der Waals surface area contributed by atoms with Gasteiger partial charge in [-0.05, 0) is 32.2 Å². The lowest BCUT2D eigenvalue weighted by atomic mass is 9.73. The maximum Gasteiger partial charge on any atom is 0.313 e. The molecule has 1 saturated heterocycles. The van der Waals surface area contributed by atoms with Crippen LogP contribution in [0.5, 0.6) is 0 Å². The molecule has 1 aliphatic heterocycles. The van der Waals surface area contributed by atoms with E-state index in [1.807, 2.05) is 6.92 Å². The third-order valence-corrected chi connectivity index (χ3v) is 3.39. The molecule has 1 heterocycles. The number of rotatable bonds is 4. The second kappa shape index (κ2) is 5.64. The van der Waals surface area contributed by atoms with Crippen LogP contribution in [0.4, 0.5) is 0 Å². The van der Waals surface area contributed by atoms with Crippen LogP contribution < -0.4 is 5.32 Å². The number of piperidine rings is 1. The highest BCUT2D eigenvalue weighted by Gasteiger charge is 2.43. The number of ether oxygens (including phenoxy) is 2. The van der Waals surface area contributed by atoms with Crippen LogP contribution in [-0.2, 0) is 14.3 Å². The van der Waals surface area contributed by atoms with Crippen LogP contribution >= 0.6 is 0 Å². The SMILES string of the molecule is COC(=O)[C@@]1(CC(C)OC)CNC[C@H](C)C1. The molecule has 1 fully saturated rings. The van der Waals surface area contributed by atoms with Crippen LogP contribution in [0, 0.1) is 11.3 Å². The highest BCUT2D eigenvalue weighted by molar-refractivity contribution is 5.77. The monoisotopic (exact) mass is 229 g/mol. The van der Waals surface area contributed by atoms with Crippen molar-refractivity contribution in [2.75, 3.05) is 27.3 Å². The summed E-state index contributed by atoms with van der Waals surface area (Å²) >= 11 is 0. The number of hydrogen-bond donors (Lipinski definition) is 1. The molecule has 0 aromatic rings. The lowest BCUT2D eigenvalue weighted by molar-refractivity contribution is -0.157. The maximum atomic E-state index is 12.0. The highest BCUT2D eigenvalue weighted by Crippen LogP contribution is 2.35. The summed E-state index contributed by atoms with van der Waals surface area (Å²) in [6.07, 6.45) is 1.67. The second-order valence-electron chi connectivity index (χ2n) is 4.96. The predicted octanol–water partition coefficient (Wildman–Crippen LogP) is 1.20. The first kappa shape index (κ1) is 13.5. The zero-order valence-electron chi connectivity index (χ0n) is 10.7. The van der Waals surface area contributed by atoms with Crippen molar-refractivity contribution in [2.45, 2.75) is 32.8 Å². The molecule has 0 saturated carbocycles. The van der Waals surface area contributed by atoms with E-state index in [1.165, 1.54) is 7.11 Å². The average molecular weight is 229 g/mol. The average Bonchev–Trinajstić information content (AvgIpc) is 2.27. The smallest absolute Gasteiger partial charge is 0.313 e. The number of carbonyl (C=O) groups excluding carboxylic acids is 1. The molecule has 94 valence electrons. The normalized spacial score (nSPS) is 32.1. The molecule has 1 aliphatic rings. The molecule has 16 heavy (non-hydrogen) atoms. The molecule has 0 aliphatic carbocycles. The van der Waals surface area contributed by atoms with Gasteiger partial charge in [-0.2, -0.15) is 0 Å². The van der Waals surface area contributed by atoms with Gasteiger partial charge in [0.05, 0.1) is 18.6 Å². The van der Waals surface area contributed by atoms with E-state index in [-0.39, 0.29) is 12.1 Å². The van der Waals surface area contributed by atoms with Crippen LogP contribution in [0.25, 0.3) is 0 Å². The molecular formula is C12H23NO3. The first-order valence-electron chi connectivity index (χ1n) is 5.86. The zero-order valence-corrected chi connectivity index (χ0v) is 10.7. The van der Waals surface area contributed by atoms with Gasteiger partial charge in [-0.25, -0.2) is 0 Å². The first-order chi connectivity index (χ1) is 7.54. The van der Waals surface area contributed by atoms with Crippen molar-refractivity contribution in [2.24, 2.45) is 11.3 Å². The molecule has 0 radical (unpaired) electrons. The van der Waals surface area contributed by atoms with E-state index < -0.39 is 5.41 Å². The minimum Gasteiger partial charge on any atom is -0.469 e. The third-order valence-electron chi connectivity index (χ3n) is 3.39. The van der Waals surface area contributed by atoms with Crippen LogP contribution in [0.2, 0.25) is 0 Å². The van der Waals surface area contributed by atoms with Crippen molar-refractivity contribution in [3.8, 4) is 0 Å². The fourth-order valence-corrected chi connectivity index (χ4v) is 2.61. The number of methoxy groups -OCH3 is 2. The van der Waals surface area contributed by atoms with Crippen LogP contribution in [-0.4, -0.2) is 39.4 Å². The topological polar surface area (TPSA) is 47.6 Å². The van der Waals surface area contributed by atoms with Gasteiger partial charge < -0.3 is 14.8 Å². The maximum absolute atomic E-state index is 12.0. The van der Waals surface area contributed by atoms with E-state index in [1.54, 1.807) is 7.11 Å². The molecule has 0 aromatic heterocycles. The van der Waals surface area contributed by atoms with Crippen molar-refractivity contribution >= 4 is 5.97 Å². The van der Waals surface area contributed by atoms with Gasteiger partial charge in [0, 0.05) is 13.7 Å². The van der Waals surface area contributed by atoms with Gasteiger partial charge in [-0.1, -0.05) is 6.92 Å². The molecule has 4 nitrogen and oxygen atoms in total. The minimum atomic E-state index is -0.415. The van der Waals surface area contributed by atoms with Gasteiger partial charge in [0.2, 0.25) is 0 Å². The van der Waals surface area contributed by atoms with Crippen molar-refractivity contribution in [3.63, 3.8) is 0 Å². The lowest BCUT2D eigenvalue weighted by Crippen LogP contribution is -2.50. The molecule has 4 heteroatoms. The zero-order chi connectivity index (χ0) is 12.2. The Hall–Kier alpha value is -0.610. The van der Waals surface area contributed by atoms with E-state index in [0.29, 0.717) is 18.9 Å². The van der Waals surface area contributed by atoms with E-state index in [9.17, 15) is 4.79 Å². The highest BCUT2D eigenvalue weighted by atomic mass is 16.5. The van der Waals surface area contributed by atoms with Crippen molar-refractivity contribution in [3.05, 3.63) is 0 Å². The molecular weight excluding hydrogens is 206 g/mol. The van der Waals surface area contributed by atoms with E-state index in [4.69, 9.17) is 9.47 Å². The Morgan fingerprint density at radius 3 is 2.75 bits per heavy atom. The largest absolute Gasteiger partial charge is 0.469 e. The Balaban J connectivity index is 2.79. The van der Waals surface area contributed by atoms with Crippen LogP contribution in [0.3, 0.4) is 0 Å². The third kappa shape index (κ3) is 2.95. The van der Waals surface area contributed by atoms with E-state index in [0.717, 1.165) is 13.0 Å². The molecule has 0 amide bonds. The van der Waals surface area contributed by atoms with Gasteiger partial charge >= 0.3 is 5.97 Å². The van der Waals surface area contributed by atoms with E-state index in [2.05, 4.69) is 12.2 Å². The summed E-state index contributed by atoms with van der Waals surface area (Å²) in [6, 6.07) is 0. The summed E-state index contributed by atoms with van der Waals surface area (Å²) in [5.41, 5.74) is -0.415. The minimum absolute atomic E-state index is 0.0752. The summed E-state index contributed by atoms with van der Waals surface area (Å²) in [5, 5.41) is 3.31. The molecule has 0 bridgehead atoms. The Labute approximate surface area is 97.7 Å². The quantitative estimate of drug-likeness (QED) is 0.736. The Bertz CT molecular complexity index is 244. The number of hydrogen-bond acceptors (Lipinski definition) is 4. The summed E-state index contributed by atoms with van der Waals surface area (Å²) in [7, 11) is 3.14. The number of carbonyl (C=O) groups is 1. The van der Waals surface area contributed by atoms with Crippen LogP contribution in [0.1, 0.15) is 26.7 Å². The molecule has 0 spiro atoms. The Kier molecular flexibility index (Phi) is 4.74. The van der Waals surface area contributed by atoms with Crippen molar-refractivity contribution in [1.29, 1.82) is 0 Å². The fourth-order valence-electron chi connectivity index (χ4n) is 2.61. The summed E-state index contributed by atoms with van der Waals surface area (Å²) in [5.74, 6) is 0.382. The standard InChI is InChI=1S/C12H23NO3/c1-9-5-12(8-13-7-9,11(14)16-4)6-10(2)15-3/h9-10,13H,5-8H2,1-4H3/t9-,10?,12+/m1/s1. The van der Waals surface area contributed by atoms with Gasteiger partial charge in [-0.15, -0.1) is 0 Å². The van der Waals surface area contributed by atoms with E-state index >= 15 is 0 Å². The summed E-state index contributed by atoms with van der Waals surface area (Å²) < 4.78 is 10.2. The number of esters is 1.